The Morgan fingerprint density at radius 2 is 1.48 bits per heavy atom. The van der Waals surface area contributed by atoms with E-state index in [0.29, 0.717) is 32.2 Å². The van der Waals surface area contributed by atoms with Gasteiger partial charge in [0.25, 0.3) is 5.91 Å². The number of nitrogens with zero attached hydrogens (tertiary/aromatic N) is 1. The van der Waals surface area contributed by atoms with E-state index in [1.54, 1.807) is 0 Å². The standard InChI is InChI=1S/C31H51N5O6.C5H12.CH4/c1-9-17-32-26(40)23(38)20(2)33-25(39)21-14-13-18-36(21)27(41)24(30(6,7)8)34-28(42)35-31(15-11-10-12-16-31)19-22(37)29(3,4)5;1-4-5(2)3;/h9,20-21,24H,1,10-19H2,2-8H3,(H,32,40)(H,33,39)(H2,34,35,42);5H,4H2,1-3H3;1H4/t20?,21-,24?;;/m0../s1. The molecule has 0 aromatic rings. The minimum absolute atomic E-state index is 0. The van der Waals surface area contributed by atoms with Crippen molar-refractivity contribution in [2.24, 2.45) is 16.7 Å². The lowest BCUT2D eigenvalue weighted by Crippen LogP contribution is -2.62. The molecule has 4 N–H and O–H groups in total. The molecule has 5 amide bonds. The van der Waals surface area contributed by atoms with Crippen LogP contribution in [-0.2, 0) is 24.0 Å². The molecule has 3 atom stereocenters. The van der Waals surface area contributed by atoms with Crippen LogP contribution in [0.3, 0.4) is 0 Å². The van der Waals surface area contributed by atoms with Crippen molar-refractivity contribution in [2.45, 2.75) is 158 Å². The lowest BCUT2D eigenvalue weighted by atomic mass is 9.74. The normalized spacial score (nSPS) is 18.6. The molecule has 1 heterocycles. The lowest BCUT2D eigenvalue weighted by molar-refractivity contribution is -0.143. The molecule has 0 bridgehead atoms. The summed E-state index contributed by atoms with van der Waals surface area (Å²) in [4.78, 5) is 79.3. The molecule has 11 nitrogen and oxygen atoms in total. The second-order valence-electron chi connectivity index (χ2n) is 15.7. The smallest absolute Gasteiger partial charge is 0.315 e. The number of nitrogens with one attached hydrogen (secondary N) is 4. The Morgan fingerprint density at radius 1 is 0.917 bits per heavy atom. The van der Waals surface area contributed by atoms with Gasteiger partial charge in [0.15, 0.2) is 0 Å². The van der Waals surface area contributed by atoms with Gasteiger partial charge in [-0.3, -0.25) is 24.0 Å². The number of Topliss-reactive ketones (excluding diaryl/α,β-unsaturated/α-hetero) is 2. The summed E-state index contributed by atoms with van der Waals surface area (Å²) in [7, 11) is 0. The van der Waals surface area contributed by atoms with E-state index in [1.807, 2.05) is 41.5 Å². The zero-order valence-corrected chi connectivity index (χ0v) is 30.8. The van der Waals surface area contributed by atoms with Gasteiger partial charge in [0.05, 0.1) is 6.04 Å². The van der Waals surface area contributed by atoms with E-state index in [-0.39, 0.29) is 26.2 Å². The highest BCUT2D eigenvalue weighted by molar-refractivity contribution is 6.38. The summed E-state index contributed by atoms with van der Waals surface area (Å²) in [6.07, 6.45) is 8.17. The minimum atomic E-state index is -1.08. The van der Waals surface area contributed by atoms with Gasteiger partial charge in [0, 0.05) is 30.5 Å². The van der Waals surface area contributed by atoms with Crippen molar-refractivity contribution in [2.75, 3.05) is 13.1 Å². The summed E-state index contributed by atoms with van der Waals surface area (Å²) in [5, 5.41) is 10.9. The fraction of sp³-hybridized carbons (Fsp3) is 0.784. The molecule has 2 unspecified atom stereocenters. The van der Waals surface area contributed by atoms with Crippen LogP contribution in [0.2, 0.25) is 0 Å². The molecule has 2 rings (SSSR count). The third-order valence-electron chi connectivity index (χ3n) is 8.95. The zero-order valence-electron chi connectivity index (χ0n) is 30.8. The summed E-state index contributed by atoms with van der Waals surface area (Å²) in [6, 6.07) is -3.39. The van der Waals surface area contributed by atoms with Crippen LogP contribution in [0.4, 0.5) is 4.79 Å². The first-order valence-corrected chi connectivity index (χ1v) is 17.3. The van der Waals surface area contributed by atoms with Crippen LogP contribution in [0.5, 0.6) is 0 Å². The molecule has 0 aromatic carbocycles. The van der Waals surface area contributed by atoms with Crippen molar-refractivity contribution < 1.29 is 28.8 Å². The predicted molar refractivity (Wildman–Crippen MR) is 192 cm³/mol. The molecule has 1 aliphatic heterocycles. The Kier molecular flexibility index (Phi) is 18.4. The number of carbonyl (C=O) groups excluding carboxylic acids is 6. The van der Waals surface area contributed by atoms with E-state index in [4.69, 9.17) is 0 Å². The van der Waals surface area contributed by atoms with Crippen LogP contribution in [0.25, 0.3) is 0 Å². The molecule has 2 fully saturated rings. The fourth-order valence-electron chi connectivity index (χ4n) is 5.50. The van der Waals surface area contributed by atoms with Gasteiger partial charge in [-0.05, 0) is 43.9 Å². The van der Waals surface area contributed by atoms with Crippen molar-refractivity contribution in [3.63, 3.8) is 0 Å². The summed E-state index contributed by atoms with van der Waals surface area (Å²) < 4.78 is 0. The topological polar surface area (TPSA) is 154 Å². The molecule has 0 radical (unpaired) electrons. The molecular formula is C37H67N5O6. The summed E-state index contributed by atoms with van der Waals surface area (Å²) in [5.74, 6) is -1.60. The van der Waals surface area contributed by atoms with Crippen molar-refractivity contribution in [3.8, 4) is 0 Å². The molecular weight excluding hydrogens is 610 g/mol. The van der Waals surface area contributed by atoms with Crippen molar-refractivity contribution in [1.29, 1.82) is 0 Å². The van der Waals surface area contributed by atoms with Crippen LogP contribution < -0.4 is 21.3 Å². The van der Waals surface area contributed by atoms with Gasteiger partial charge in [-0.15, -0.1) is 6.58 Å². The van der Waals surface area contributed by atoms with Gasteiger partial charge in [-0.1, -0.05) is 101 Å². The number of likely N-dealkylation sites (tertiary alicyclic amines) is 1. The largest absolute Gasteiger partial charge is 0.346 e. The first-order chi connectivity index (χ1) is 21.7. The second kappa shape index (κ2) is 19.7. The van der Waals surface area contributed by atoms with E-state index in [0.717, 1.165) is 25.2 Å². The SMILES string of the molecule is C.C=CCNC(=O)C(=O)C(C)NC(=O)[C@@H]1CCCN1C(=O)C(NC(=O)NC1(CC(=O)C(C)(C)C)CCCCC1)C(C)(C)C.CCC(C)C. The van der Waals surface area contributed by atoms with E-state index in [2.05, 4.69) is 48.6 Å². The number of rotatable bonds is 12. The number of hydrogen-bond acceptors (Lipinski definition) is 6. The molecule has 1 saturated heterocycles. The maximum atomic E-state index is 13.9. The molecule has 0 spiro atoms. The highest BCUT2D eigenvalue weighted by Gasteiger charge is 2.44. The van der Waals surface area contributed by atoms with Gasteiger partial charge >= 0.3 is 6.03 Å². The number of urea groups is 1. The predicted octanol–water partition coefficient (Wildman–Crippen LogP) is 5.46. The van der Waals surface area contributed by atoms with Gasteiger partial charge in [0.1, 0.15) is 17.9 Å². The molecule has 1 saturated carbocycles. The van der Waals surface area contributed by atoms with E-state index < -0.39 is 64.0 Å². The Labute approximate surface area is 290 Å². The molecule has 0 aromatic heterocycles. The zero-order chi connectivity index (χ0) is 36.2. The molecule has 276 valence electrons. The quantitative estimate of drug-likeness (QED) is 0.159. The van der Waals surface area contributed by atoms with Crippen molar-refractivity contribution >= 4 is 35.3 Å². The monoisotopic (exact) mass is 678 g/mol. The summed E-state index contributed by atoms with van der Waals surface area (Å²) in [5.41, 5.74) is -1.89. The number of hydrogen-bond donors (Lipinski definition) is 4. The van der Waals surface area contributed by atoms with Crippen LogP contribution in [-0.4, -0.2) is 77.0 Å². The average Bonchev–Trinajstić information content (AvgIpc) is 3.48. The Bertz CT molecular complexity index is 1110. The van der Waals surface area contributed by atoms with Gasteiger partial charge in [-0.2, -0.15) is 0 Å². The van der Waals surface area contributed by atoms with Gasteiger partial charge < -0.3 is 26.2 Å². The second-order valence-corrected chi connectivity index (χ2v) is 15.7. The maximum absolute atomic E-state index is 13.9. The lowest BCUT2D eigenvalue weighted by Gasteiger charge is -2.41. The van der Waals surface area contributed by atoms with Gasteiger partial charge in [-0.25, -0.2) is 4.79 Å². The van der Waals surface area contributed by atoms with Gasteiger partial charge in [0.2, 0.25) is 17.6 Å². The third kappa shape index (κ3) is 14.1. The first kappa shape index (κ1) is 44.8. The molecule has 48 heavy (non-hydrogen) atoms. The molecule has 1 aliphatic carbocycles. The van der Waals surface area contributed by atoms with E-state index >= 15 is 0 Å². The van der Waals surface area contributed by atoms with Crippen LogP contribution in [0.15, 0.2) is 12.7 Å². The average molecular weight is 678 g/mol. The number of amides is 5. The molecule has 2 aliphatic rings. The van der Waals surface area contributed by atoms with Crippen LogP contribution >= 0.6 is 0 Å². The fourth-order valence-corrected chi connectivity index (χ4v) is 5.50. The third-order valence-corrected chi connectivity index (χ3v) is 8.95. The molecule has 11 heteroatoms. The number of ketones is 2. The summed E-state index contributed by atoms with van der Waals surface area (Å²) in [6.45, 7) is 23.1. The first-order valence-electron chi connectivity index (χ1n) is 17.3. The van der Waals surface area contributed by atoms with Crippen molar-refractivity contribution in [3.05, 3.63) is 12.7 Å². The van der Waals surface area contributed by atoms with Crippen molar-refractivity contribution in [1.82, 2.24) is 26.2 Å². The Morgan fingerprint density at radius 3 is 1.96 bits per heavy atom. The van der Waals surface area contributed by atoms with Crippen LogP contribution in [0, 0.1) is 16.7 Å². The van der Waals surface area contributed by atoms with E-state index in [9.17, 15) is 28.8 Å². The highest BCUT2D eigenvalue weighted by atomic mass is 16.2. The Balaban J connectivity index is 0.00000341. The summed E-state index contributed by atoms with van der Waals surface area (Å²) >= 11 is 0. The van der Waals surface area contributed by atoms with Crippen LogP contribution in [0.1, 0.15) is 134 Å². The number of carbonyl (C=O) groups is 6. The highest BCUT2D eigenvalue weighted by Crippen LogP contribution is 2.34. The minimum Gasteiger partial charge on any atom is -0.346 e. The van der Waals surface area contributed by atoms with E-state index in [1.165, 1.54) is 24.3 Å². The Hall–Kier alpha value is -3.24. The maximum Gasteiger partial charge on any atom is 0.315 e.